The number of carbonyl (C=O) groups excluding carboxylic acids is 1. The standard InChI is InChI=1S/C24H25Cl2N5O/c1-15-12-17(3)19(13-16(15)2)21-6-7-23(29-28-21)30-8-10-31(11-9-30)24(32)27-22-5-4-18(25)14-20(22)26/h4-7,12-14H,8-11H2,1-3H3,(H,27,32). The van der Waals surface area contributed by atoms with Crippen LogP contribution >= 0.6 is 23.2 Å². The molecule has 2 aromatic carbocycles. The number of amides is 2. The molecule has 0 aliphatic carbocycles. The number of rotatable bonds is 3. The molecule has 4 rings (SSSR count). The van der Waals surface area contributed by atoms with Gasteiger partial charge in [0, 0.05) is 36.8 Å². The van der Waals surface area contributed by atoms with Crippen LogP contribution in [0.15, 0.2) is 42.5 Å². The van der Waals surface area contributed by atoms with Crippen LogP contribution in [0.4, 0.5) is 16.3 Å². The zero-order valence-corrected chi connectivity index (χ0v) is 19.8. The van der Waals surface area contributed by atoms with Crippen molar-refractivity contribution in [1.29, 1.82) is 0 Å². The highest BCUT2D eigenvalue weighted by Crippen LogP contribution is 2.27. The first kappa shape index (κ1) is 22.4. The van der Waals surface area contributed by atoms with Crippen molar-refractivity contribution >= 4 is 40.7 Å². The summed E-state index contributed by atoms with van der Waals surface area (Å²) in [6, 6.07) is 13.2. The molecule has 6 nitrogen and oxygen atoms in total. The van der Waals surface area contributed by atoms with Crippen LogP contribution in [0, 0.1) is 20.8 Å². The molecule has 0 atom stereocenters. The average molecular weight is 470 g/mol. The Hall–Kier alpha value is -2.83. The van der Waals surface area contributed by atoms with E-state index in [1.165, 1.54) is 16.7 Å². The smallest absolute Gasteiger partial charge is 0.322 e. The van der Waals surface area contributed by atoms with Crippen molar-refractivity contribution in [2.45, 2.75) is 20.8 Å². The molecular weight excluding hydrogens is 445 g/mol. The predicted octanol–water partition coefficient (Wildman–Crippen LogP) is 5.73. The second-order valence-corrected chi connectivity index (χ2v) is 8.90. The van der Waals surface area contributed by atoms with Crippen molar-refractivity contribution in [1.82, 2.24) is 15.1 Å². The van der Waals surface area contributed by atoms with Crippen LogP contribution in [0.2, 0.25) is 10.0 Å². The molecule has 1 aliphatic heterocycles. The summed E-state index contributed by atoms with van der Waals surface area (Å²) in [7, 11) is 0. The van der Waals surface area contributed by atoms with Crippen LogP contribution in [0.1, 0.15) is 16.7 Å². The molecule has 1 aliphatic rings. The fourth-order valence-electron chi connectivity index (χ4n) is 3.80. The van der Waals surface area contributed by atoms with Gasteiger partial charge in [0.1, 0.15) is 0 Å². The number of hydrogen-bond acceptors (Lipinski definition) is 4. The molecule has 1 saturated heterocycles. The van der Waals surface area contributed by atoms with Gasteiger partial charge in [-0.15, -0.1) is 10.2 Å². The number of aromatic nitrogens is 2. The summed E-state index contributed by atoms with van der Waals surface area (Å²) in [5, 5.41) is 12.7. The SMILES string of the molecule is Cc1cc(C)c(-c2ccc(N3CCN(C(=O)Nc4ccc(Cl)cc4Cl)CC3)nn2)cc1C. The van der Waals surface area contributed by atoms with E-state index in [1.54, 1.807) is 23.1 Å². The Morgan fingerprint density at radius 1 is 0.875 bits per heavy atom. The Balaban J connectivity index is 1.38. The largest absolute Gasteiger partial charge is 0.352 e. The van der Waals surface area contributed by atoms with Crippen molar-refractivity contribution in [3.8, 4) is 11.3 Å². The molecule has 0 bridgehead atoms. The highest BCUT2D eigenvalue weighted by Gasteiger charge is 2.23. The minimum atomic E-state index is -0.180. The zero-order chi connectivity index (χ0) is 22.8. The van der Waals surface area contributed by atoms with E-state index < -0.39 is 0 Å². The second-order valence-electron chi connectivity index (χ2n) is 8.06. The van der Waals surface area contributed by atoms with Gasteiger partial charge in [-0.05, 0) is 73.9 Å². The van der Waals surface area contributed by atoms with E-state index in [0.717, 1.165) is 17.1 Å². The number of anilines is 2. The number of aryl methyl sites for hydroxylation is 3. The van der Waals surface area contributed by atoms with Gasteiger partial charge in [0.25, 0.3) is 0 Å². The maximum atomic E-state index is 12.6. The van der Waals surface area contributed by atoms with Crippen LogP contribution in [0.5, 0.6) is 0 Å². The van der Waals surface area contributed by atoms with Crippen molar-refractivity contribution in [3.63, 3.8) is 0 Å². The fourth-order valence-corrected chi connectivity index (χ4v) is 4.25. The quantitative estimate of drug-likeness (QED) is 0.531. The lowest BCUT2D eigenvalue weighted by molar-refractivity contribution is 0.208. The number of carbonyl (C=O) groups is 1. The minimum Gasteiger partial charge on any atom is -0.352 e. The summed E-state index contributed by atoms with van der Waals surface area (Å²) in [6.45, 7) is 8.84. The summed E-state index contributed by atoms with van der Waals surface area (Å²) < 4.78 is 0. The molecule has 8 heteroatoms. The molecule has 1 aromatic heterocycles. The minimum absolute atomic E-state index is 0.180. The number of urea groups is 1. The van der Waals surface area contributed by atoms with Crippen LogP contribution in [0.3, 0.4) is 0 Å². The molecule has 0 unspecified atom stereocenters. The number of piperazine rings is 1. The molecular formula is C24H25Cl2N5O. The molecule has 2 heterocycles. The Morgan fingerprint density at radius 3 is 2.25 bits per heavy atom. The lowest BCUT2D eigenvalue weighted by Crippen LogP contribution is -2.50. The molecule has 1 N–H and O–H groups in total. The zero-order valence-electron chi connectivity index (χ0n) is 18.3. The summed E-state index contributed by atoms with van der Waals surface area (Å²) in [4.78, 5) is 16.5. The number of hydrogen-bond donors (Lipinski definition) is 1. The number of halogens is 2. The van der Waals surface area contributed by atoms with E-state index in [1.807, 2.05) is 12.1 Å². The molecule has 166 valence electrons. The fraction of sp³-hybridized carbons (Fsp3) is 0.292. The monoisotopic (exact) mass is 469 g/mol. The average Bonchev–Trinajstić information content (AvgIpc) is 2.78. The van der Waals surface area contributed by atoms with Gasteiger partial charge in [-0.1, -0.05) is 29.3 Å². The Morgan fingerprint density at radius 2 is 1.59 bits per heavy atom. The Labute approximate surface area is 198 Å². The molecule has 0 radical (unpaired) electrons. The van der Waals surface area contributed by atoms with Crippen LogP contribution in [0.25, 0.3) is 11.3 Å². The molecule has 0 spiro atoms. The van der Waals surface area contributed by atoms with E-state index in [4.69, 9.17) is 23.2 Å². The van der Waals surface area contributed by atoms with Gasteiger partial charge in [0.15, 0.2) is 5.82 Å². The van der Waals surface area contributed by atoms with Crippen LogP contribution < -0.4 is 10.2 Å². The van der Waals surface area contributed by atoms with Gasteiger partial charge < -0.3 is 15.1 Å². The topological polar surface area (TPSA) is 61.4 Å². The van der Waals surface area contributed by atoms with Crippen molar-refractivity contribution < 1.29 is 4.79 Å². The molecule has 2 amide bonds. The highest BCUT2D eigenvalue weighted by molar-refractivity contribution is 6.36. The lowest BCUT2D eigenvalue weighted by Gasteiger charge is -2.35. The Kier molecular flexibility index (Phi) is 6.53. The highest BCUT2D eigenvalue weighted by atomic mass is 35.5. The number of nitrogens with zero attached hydrogens (tertiary/aromatic N) is 4. The number of nitrogens with one attached hydrogen (secondary N) is 1. The predicted molar refractivity (Wildman–Crippen MR) is 131 cm³/mol. The first-order valence-electron chi connectivity index (χ1n) is 10.5. The van der Waals surface area contributed by atoms with Gasteiger partial charge in [0.05, 0.1) is 16.4 Å². The van der Waals surface area contributed by atoms with Crippen LogP contribution in [-0.2, 0) is 0 Å². The summed E-state index contributed by atoms with van der Waals surface area (Å²) >= 11 is 12.1. The third-order valence-electron chi connectivity index (χ3n) is 5.83. The van der Waals surface area contributed by atoms with Crippen molar-refractivity contribution in [3.05, 3.63) is 69.2 Å². The molecule has 32 heavy (non-hydrogen) atoms. The van der Waals surface area contributed by atoms with Crippen molar-refractivity contribution in [2.24, 2.45) is 0 Å². The summed E-state index contributed by atoms with van der Waals surface area (Å²) in [6.07, 6.45) is 0. The third-order valence-corrected chi connectivity index (χ3v) is 6.38. The van der Waals surface area contributed by atoms with E-state index in [-0.39, 0.29) is 6.03 Å². The molecule has 1 fully saturated rings. The van der Waals surface area contributed by atoms with E-state index in [0.29, 0.717) is 41.9 Å². The summed E-state index contributed by atoms with van der Waals surface area (Å²) in [5.41, 5.74) is 6.23. The third kappa shape index (κ3) is 4.81. The second kappa shape index (κ2) is 9.35. The molecule has 3 aromatic rings. The van der Waals surface area contributed by atoms with Gasteiger partial charge in [-0.3, -0.25) is 0 Å². The maximum Gasteiger partial charge on any atom is 0.322 e. The van der Waals surface area contributed by atoms with Gasteiger partial charge >= 0.3 is 6.03 Å². The van der Waals surface area contributed by atoms with Gasteiger partial charge in [0.2, 0.25) is 0 Å². The first-order chi connectivity index (χ1) is 15.3. The molecule has 0 saturated carbocycles. The lowest BCUT2D eigenvalue weighted by atomic mass is 9.99. The maximum absolute atomic E-state index is 12.6. The van der Waals surface area contributed by atoms with E-state index in [2.05, 4.69) is 53.3 Å². The summed E-state index contributed by atoms with van der Waals surface area (Å²) in [5.74, 6) is 0.816. The van der Waals surface area contributed by atoms with Gasteiger partial charge in [-0.25, -0.2) is 4.79 Å². The number of benzene rings is 2. The first-order valence-corrected chi connectivity index (χ1v) is 11.3. The Bertz CT molecular complexity index is 1140. The van der Waals surface area contributed by atoms with E-state index in [9.17, 15) is 4.79 Å². The van der Waals surface area contributed by atoms with Crippen LogP contribution in [-0.4, -0.2) is 47.3 Å². The normalized spacial score (nSPS) is 13.9. The van der Waals surface area contributed by atoms with E-state index >= 15 is 0 Å². The van der Waals surface area contributed by atoms with Gasteiger partial charge in [-0.2, -0.15) is 0 Å². The van der Waals surface area contributed by atoms with Crippen molar-refractivity contribution in [2.75, 3.05) is 36.4 Å².